The summed E-state index contributed by atoms with van der Waals surface area (Å²) < 4.78 is 3.19. The summed E-state index contributed by atoms with van der Waals surface area (Å²) in [4.78, 5) is 4.28. The summed E-state index contributed by atoms with van der Waals surface area (Å²) in [5, 5.41) is 3.41. The summed E-state index contributed by atoms with van der Waals surface area (Å²) >= 11 is 3.41. The van der Waals surface area contributed by atoms with E-state index in [1.54, 1.807) is 0 Å². The first kappa shape index (κ1) is 13.1. The van der Waals surface area contributed by atoms with Crippen LogP contribution in [0.4, 0.5) is 5.69 Å². The minimum absolute atomic E-state index is 0.829. The van der Waals surface area contributed by atoms with Gasteiger partial charge < -0.3 is 9.88 Å². The van der Waals surface area contributed by atoms with Gasteiger partial charge >= 0.3 is 0 Å². The van der Waals surface area contributed by atoms with Gasteiger partial charge in [0.05, 0.1) is 18.4 Å². The molecule has 3 nitrogen and oxygen atoms in total. The third-order valence-corrected chi connectivity index (χ3v) is 3.71. The highest BCUT2D eigenvalue weighted by Crippen LogP contribution is 2.17. The fourth-order valence-electron chi connectivity index (χ4n) is 1.92. The molecule has 18 heavy (non-hydrogen) atoms. The molecule has 0 saturated heterocycles. The van der Waals surface area contributed by atoms with Gasteiger partial charge in [0, 0.05) is 18.4 Å². The van der Waals surface area contributed by atoms with Gasteiger partial charge in [0.15, 0.2) is 0 Å². The lowest BCUT2D eigenvalue weighted by atomic mass is 10.3. The molecule has 0 radical (unpaired) electrons. The maximum Gasteiger partial charge on any atom is 0.109 e. The van der Waals surface area contributed by atoms with Gasteiger partial charge in [-0.1, -0.05) is 6.92 Å². The summed E-state index contributed by atoms with van der Waals surface area (Å²) in [6.07, 6.45) is 5.14. The molecule has 0 aliphatic heterocycles. The Balaban J connectivity index is 2.02. The van der Waals surface area contributed by atoms with Crippen LogP contribution in [0.2, 0.25) is 0 Å². The number of hydrogen-bond donors (Lipinski definition) is 1. The average Bonchev–Trinajstić information content (AvgIpc) is 2.79. The lowest BCUT2D eigenvalue weighted by Crippen LogP contribution is -2.07. The van der Waals surface area contributed by atoms with Crippen molar-refractivity contribution in [2.45, 2.75) is 33.4 Å². The summed E-state index contributed by atoms with van der Waals surface area (Å²) in [5.41, 5.74) is 3.50. The van der Waals surface area contributed by atoms with Crippen LogP contribution >= 0.6 is 15.9 Å². The van der Waals surface area contributed by atoms with Crippen molar-refractivity contribution in [3.05, 3.63) is 46.5 Å². The van der Waals surface area contributed by atoms with Crippen molar-refractivity contribution in [3.63, 3.8) is 0 Å². The summed E-state index contributed by atoms with van der Waals surface area (Å²) in [6.45, 7) is 6.14. The van der Waals surface area contributed by atoms with Gasteiger partial charge in [-0.05, 0) is 53.0 Å². The van der Waals surface area contributed by atoms with E-state index in [9.17, 15) is 0 Å². The van der Waals surface area contributed by atoms with Crippen LogP contribution in [0.3, 0.4) is 0 Å². The van der Waals surface area contributed by atoms with E-state index < -0.39 is 0 Å². The molecule has 2 rings (SSSR count). The highest BCUT2D eigenvalue weighted by molar-refractivity contribution is 9.10. The first-order valence-corrected chi connectivity index (χ1v) is 7.00. The van der Waals surface area contributed by atoms with Crippen LogP contribution in [0.15, 0.2) is 35.2 Å². The van der Waals surface area contributed by atoms with Crippen molar-refractivity contribution < 1.29 is 0 Å². The molecule has 2 heterocycles. The van der Waals surface area contributed by atoms with Crippen molar-refractivity contribution in [2.24, 2.45) is 0 Å². The van der Waals surface area contributed by atoms with E-state index in [4.69, 9.17) is 0 Å². The average molecular weight is 308 g/mol. The molecule has 0 saturated carbocycles. The first-order chi connectivity index (χ1) is 8.70. The molecule has 4 heteroatoms. The van der Waals surface area contributed by atoms with Crippen LogP contribution in [-0.2, 0) is 13.1 Å². The quantitative estimate of drug-likeness (QED) is 0.847. The topological polar surface area (TPSA) is 29.9 Å². The maximum absolute atomic E-state index is 4.28. The molecule has 2 aromatic heterocycles. The van der Waals surface area contributed by atoms with Crippen LogP contribution in [0.25, 0.3) is 0 Å². The van der Waals surface area contributed by atoms with Crippen LogP contribution in [0.5, 0.6) is 0 Å². The van der Waals surface area contributed by atoms with Crippen LogP contribution in [-0.4, -0.2) is 9.55 Å². The zero-order valence-corrected chi connectivity index (χ0v) is 12.4. The van der Waals surface area contributed by atoms with Crippen LogP contribution < -0.4 is 5.32 Å². The summed E-state index contributed by atoms with van der Waals surface area (Å²) in [5.74, 6) is 0. The number of rotatable bonds is 5. The number of nitrogens with one attached hydrogen (secondary N) is 1. The van der Waals surface area contributed by atoms with E-state index in [0.29, 0.717) is 0 Å². The van der Waals surface area contributed by atoms with E-state index in [2.05, 4.69) is 62.1 Å². The normalized spacial score (nSPS) is 10.6. The Morgan fingerprint density at radius 1 is 1.44 bits per heavy atom. The van der Waals surface area contributed by atoms with Crippen molar-refractivity contribution in [1.82, 2.24) is 9.55 Å². The van der Waals surface area contributed by atoms with Crippen molar-refractivity contribution in [3.8, 4) is 0 Å². The SMILES string of the molecule is CCCn1cccc1CNc1cnc(Br)c(C)c1. The van der Waals surface area contributed by atoms with Gasteiger partial charge in [-0.25, -0.2) is 4.98 Å². The van der Waals surface area contributed by atoms with Gasteiger partial charge in [0.25, 0.3) is 0 Å². The molecular weight excluding hydrogens is 290 g/mol. The maximum atomic E-state index is 4.28. The van der Waals surface area contributed by atoms with Crippen LogP contribution in [0.1, 0.15) is 24.6 Å². The predicted molar refractivity (Wildman–Crippen MR) is 78.7 cm³/mol. The Morgan fingerprint density at radius 2 is 2.28 bits per heavy atom. The Bertz CT molecular complexity index is 520. The number of nitrogens with zero attached hydrogens (tertiary/aromatic N) is 2. The Kier molecular flexibility index (Phi) is 4.42. The van der Waals surface area contributed by atoms with Crippen molar-refractivity contribution >= 4 is 21.6 Å². The number of aromatic nitrogens is 2. The number of hydrogen-bond acceptors (Lipinski definition) is 2. The molecule has 1 N–H and O–H groups in total. The second-order valence-electron chi connectivity index (χ2n) is 4.38. The first-order valence-electron chi connectivity index (χ1n) is 6.20. The smallest absolute Gasteiger partial charge is 0.109 e. The van der Waals surface area contributed by atoms with Crippen molar-refractivity contribution in [1.29, 1.82) is 0 Å². The molecule has 0 fully saturated rings. The largest absolute Gasteiger partial charge is 0.378 e. The molecule has 0 aromatic carbocycles. The second kappa shape index (κ2) is 6.05. The van der Waals surface area contributed by atoms with E-state index in [-0.39, 0.29) is 0 Å². The fourth-order valence-corrected chi connectivity index (χ4v) is 2.13. The molecule has 0 atom stereocenters. The van der Waals surface area contributed by atoms with E-state index in [1.807, 2.05) is 13.1 Å². The molecule has 96 valence electrons. The van der Waals surface area contributed by atoms with E-state index >= 15 is 0 Å². The lowest BCUT2D eigenvalue weighted by molar-refractivity contribution is 0.654. The van der Waals surface area contributed by atoms with Gasteiger partial charge in [0.1, 0.15) is 4.60 Å². The molecule has 0 bridgehead atoms. The minimum Gasteiger partial charge on any atom is -0.378 e. The van der Waals surface area contributed by atoms with Crippen molar-refractivity contribution in [2.75, 3.05) is 5.32 Å². The summed E-state index contributed by atoms with van der Waals surface area (Å²) in [7, 11) is 0. The van der Waals surface area contributed by atoms with Gasteiger partial charge in [-0.15, -0.1) is 0 Å². The lowest BCUT2D eigenvalue weighted by Gasteiger charge is -2.10. The number of pyridine rings is 1. The minimum atomic E-state index is 0.829. The second-order valence-corrected chi connectivity index (χ2v) is 5.13. The molecule has 0 amide bonds. The third-order valence-electron chi connectivity index (χ3n) is 2.88. The van der Waals surface area contributed by atoms with Crippen LogP contribution in [0, 0.1) is 6.92 Å². The fraction of sp³-hybridized carbons (Fsp3) is 0.357. The monoisotopic (exact) mass is 307 g/mol. The van der Waals surface area contributed by atoms with E-state index in [1.165, 1.54) is 5.69 Å². The number of aryl methyl sites for hydroxylation is 2. The molecular formula is C14H18BrN3. The predicted octanol–water partition coefficient (Wildman–Crippen LogP) is 3.98. The standard InChI is InChI=1S/C14H18BrN3/c1-3-6-18-7-4-5-13(18)10-16-12-8-11(2)14(15)17-9-12/h4-5,7-9,16H,3,6,10H2,1-2H3. The van der Waals surface area contributed by atoms with Gasteiger partial charge in [-0.3, -0.25) is 0 Å². The number of halogens is 1. The summed E-state index contributed by atoms with van der Waals surface area (Å²) in [6, 6.07) is 6.35. The zero-order valence-electron chi connectivity index (χ0n) is 10.8. The molecule has 0 unspecified atom stereocenters. The zero-order chi connectivity index (χ0) is 13.0. The Labute approximate surface area is 116 Å². The molecule has 2 aromatic rings. The molecule has 0 spiro atoms. The highest BCUT2D eigenvalue weighted by Gasteiger charge is 2.02. The Hall–Kier alpha value is -1.29. The third kappa shape index (κ3) is 3.13. The van der Waals surface area contributed by atoms with Gasteiger partial charge in [0.2, 0.25) is 0 Å². The molecule has 0 aliphatic carbocycles. The molecule has 0 aliphatic rings. The highest BCUT2D eigenvalue weighted by atomic mass is 79.9. The van der Waals surface area contributed by atoms with E-state index in [0.717, 1.165) is 35.4 Å². The Morgan fingerprint density at radius 3 is 3.00 bits per heavy atom. The number of anilines is 1. The van der Waals surface area contributed by atoms with Gasteiger partial charge in [-0.2, -0.15) is 0 Å².